The van der Waals surface area contributed by atoms with Crippen LogP contribution in [0.5, 0.6) is 0 Å². The molecular formula is C12H17NO2. The Kier molecular flexibility index (Phi) is 3.59. The van der Waals surface area contributed by atoms with Gasteiger partial charge in [0.1, 0.15) is 0 Å². The third-order valence-electron chi connectivity index (χ3n) is 2.61. The van der Waals surface area contributed by atoms with Crippen LogP contribution in [0.25, 0.3) is 0 Å². The number of anilines is 1. The first-order valence-corrected chi connectivity index (χ1v) is 5.38. The number of nitrogen functional groups attached to an aromatic ring is 1. The summed E-state index contributed by atoms with van der Waals surface area (Å²) in [6.45, 7) is 2.35. The van der Waals surface area contributed by atoms with Crippen LogP contribution >= 0.6 is 0 Å². The molecule has 15 heavy (non-hydrogen) atoms. The smallest absolute Gasteiger partial charge is 0.0830 e. The fourth-order valence-corrected chi connectivity index (χ4v) is 1.67. The summed E-state index contributed by atoms with van der Waals surface area (Å²) in [4.78, 5) is 0. The summed E-state index contributed by atoms with van der Waals surface area (Å²) in [5.41, 5.74) is 7.68. The van der Waals surface area contributed by atoms with E-state index in [2.05, 4.69) is 0 Å². The highest BCUT2D eigenvalue weighted by Crippen LogP contribution is 2.10. The zero-order valence-electron chi connectivity index (χ0n) is 8.82. The molecular weight excluding hydrogens is 190 g/mol. The van der Waals surface area contributed by atoms with E-state index in [0.717, 1.165) is 38.3 Å². The molecule has 0 aliphatic carbocycles. The Balaban J connectivity index is 1.71. The van der Waals surface area contributed by atoms with E-state index < -0.39 is 0 Å². The molecule has 1 heterocycles. The van der Waals surface area contributed by atoms with Crippen LogP contribution < -0.4 is 5.73 Å². The molecule has 1 aromatic carbocycles. The van der Waals surface area contributed by atoms with Crippen LogP contribution in [0.3, 0.4) is 0 Å². The van der Waals surface area contributed by atoms with E-state index in [1.807, 2.05) is 24.3 Å². The number of nitrogens with two attached hydrogens (primary N) is 1. The Morgan fingerprint density at radius 2 is 2.13 bits per heavy atom. The number of rotatable bonds is 4. The third-order valence-corrected chi connectivity index (χ3v) is 2.61. The van der Waals surface area contributed by atoms with E-state index >= 15 is 0 Å². The van der Waals surface area contributed by atoms with Crippen molar-refractivity contribution in [2.45, 2.75) is 18.9 Å². The van der Waals surface area contributed by atoms with Gasteiger partial charge in [-0.05, 0) is 30.5 Å². The molecule has 0 bridgehead atoms. The lowest BCUT2D eigenvalue weighted by Gasteiger charge is -2.09. The molecule has 1 atom stereocenters. The quantitative estimate of drug-likeness (QED) is 0.763. The number of hydrogen-bond donors (Lipinski definition) is 1. The van der Waals surface area contributed by atoms with Crippen molar-refractivity contribution in [3.05, 3.63) is 29.8 Å². The first kappa shape index (κ1) is 10.5. The maximum atomic E-state index is 5.68. The molecule has 1 aliphatic rings. The summed E-state index contributed by atoms with van der Waals surface area (Å²) in [5, 5.41) is 0. The predicted molar refractivity (Wildman–Crippen MR) is 59.7 cm³/mol. The Labute approximate surface area is 90.2 Å². The van der Waals surface area contributed by atoms with Gasteiger partial charge >= 0.3 is 0 Å². The molecule has 0 saturated carbocycles. The topological polar surface area (TPSA) is 44.5 Å². The monoisotopic (exact) mass is 207 g/mol. The van der Waals surface area contributed by atoms with Gasteiger partial charge in [0.15, 0.2) is 0 Å². The highest BCUT2D eigenvalue weighted by molar-refractivity contribution is 5.39. The lowest BCUT2D eigenvalue weighted by molar-refractivity contribution is 0.0446. The van der Waals surface area contributed by atoms with Crippen LogP contribution in [0, 0.1) is 0 Å². The molecule has 0 radical (unpaired) electrons. The van der Waals surface area contributed by atoms with E-state index in [1.165, 1.54) is 5.56 Å². The number of hydrogen-bond acceptors (Lipinski definition) is 3. The summed E-state index contributed by atoms with van der Waals surface area (Å²) in [6.07, 6.45) is 2.28. The van der Waals surface area contributed by atoms with Crippen molar-refractivity contribution >= 4 is 5.69 Å². The Hall–Kier alpha value is -1.06. The largest absolute Gasteiger partial charge is 0.399 e. The van der Waals surface area contributed by atoms with Crippen molar-refractivity contribution in [2.75, 3.05) is 25.6 Å². The Morgan fingerprint density at radius 1 is 1.33 bits per heavy atom. The molecule has 1 unspecified atom stereocenters. The lowest BCUT2D eigenvalue weighted by Crippen LogP contribution is -2.14. The molecule has 3 heteroatoms. The zero-order chi connectivity index (χ0) is 10.5. The van der Waals surface area contributed by atoms with E-state index in [4.69, 9.17) is 15.2 Å². The molecule has 0 aromatic heterocycles. The maximum absolute atomic E-state index is 5.68. The average molecular weight is 207 g/mol. The second-order valence-corrected chi connectivity index (χ2v) is 3.85. The van der Waals surface area contributed by atoms with E-state index in [-0.39, 0.29) is 0 Å². The minimum atomic E-state index is 0.304. The summed E-state index contributed by atoms with van der Waals surface area (Å²) in [7, 11) is 0. The first-order valence-electron chi connectivity index (χ1n) is 5.38. The van der Waals surface area contributed by atoms with Crippen molar-refractivity contribution in [1.82, 2.24) is 0 Å². The van der Waals surface area contributed by atoms with Crippen molar-refractivity contribution in [1.29, 1.82) is 0 Å². The minimum Gasteiger partial charge on any atom is -0.399 e. The lowest BCUT2D eigenvalue weighted by atomic mass is 10.1. The molecule has 2 rings (SSSR count). The highest BCUT2D eigenvalue weighted by Gasteiger charge is 2.15. The molecule has 1 aromatic rings. The fraction of sp³-hybridized carbons (Fsp3) is 0.500. The van der Waals surface area contributed by atoms with Crippen LogP contribution in [0.15, 0.2) is 24.3 Å². The SMILES string of the molecule is Nc1ccc(CCOC2CCOC2)cc1. The van der Waals surface area contributed by atoms with Crippen molar-refractivity contribution in [3.8, 4) is 0 Å². The van der Waals surface area contributed by atoms with Crippen molar-refractivity contribution in [3.63, 3.8) is 0 Å². The number of benzene rings is 1. The first-order chi connectivity index (χ1) is 7.34. The van der Waals surface area contributed by atoms with Gasteiger partial charge in [-0.3, -0.25) is 0 Å². The minimum absolute atomic E-state index is 0.304. The van der Waals surface area contributed by atoms with Gasteiger partial charge < -0.3 is 15.2 Å². The molecule has 1 fully saturated rings. The van der Waals surface area contributed by atoms with Gasteiger partial charge in [0.25, 0.3) is 0 Å². The second-order valence-electron chi connectivity index (χ2n) is 3.85. The fourth-order valence-electron chi connectivity index (χ4n) is 1.67. The van der Waals surface area contributed by atoms with Gasteiger partial charge in [0.05, 0.1) is 19.3 Å². The van der Waals surface area contributed by atoms with Gasteiger partial charge in [-0.25, -0.2) is 0 Å². The van der Waals surface area contributed by atoms with Gasteiger partial charge in [0.2, 0.25) is 0 Å². The zero-order valence-corrected chi connectivity index (χ0v) is 8.82. The van der Waals surface area contributed by atoms with Gasteiger partial charge in [-0.2, -0.15) is 0 Å². The van der Waals surface area contributed by atoms with Crippen molar-refractivity contribution < 1.29 is 9.47 Å². The molecule has 82 valence electrons. The summed E-state index contributed by atoms with van der Waals surface area (Å²) < 4.78 is 10.9. The molecule has 2 N–H and O–H groups in total. The van der Waals surface area contributed by atoms with Crippen LogP contribution in [-0.2, 0) is 15.9 Å². The maximum Gasteiger partial charge on any atom is 0.0830 e. The molecule has 0 spiro atoms. The molecule has 1 saturated heterocycles. The van der Waals surface area contributed by atoms with E-state index in [1.54, 1.807) is 0 Å². The third kappa shape index (κ3) is 3.22. The summed E-state index contributed by atoms with van der Waals surface area (Å²) in [6, 6.07) is 7.94. The normalized spacial score (nSPS) is 20.7. The molecule has 1 aliphatic heterocycles. The predicted octanol–water partition coefficient (Wildman–Crippen LogP) is 1.62. The summed E-state index contributed by atoms with van der Waals surface area (Å²) in [5.74, 6) is 0. The summed E-state index contributed by atoms with van der Waals surface area (Å²) >= 11 is 0. The number of ether oxygens (including phenoxy) is 2. The van der Waals surface area contributed by atoms with Gasteiger partial charge in [-0.1, -0.05) is 12.1 Å². The molecule has 3 nitrogen and oxygen atoms in total. The second kappa shape index (κ2) is 5.14. The van der Waals surface area contributed by atoms with Crippen molar-refractivity contribution in [2.24, 2.45) is 0 Å². The van der Waals surface area contributed by atoms with Crippen LogP contribution in [0.1, 0.15) is 12.0 Å². The standard InChI is InChI=1S/C12H17NO2/c13-11-3-1-10(2-4-11)5-8-15-12-6-7-14-9-12/h1-4,12H,5-9,13H2. The highest BCUT2D eigenvalue weighted by atomic mass is 16.5. The van der Waals surface area contributed by atoms with Crippen LogP contribution in [0.2, 0.25) is 0 Å². The van der Waals surface area contributed by atoms with Gasteiger partial charge in [0, 0.05) is 12.3 Å². The Morgan fingerprint density at radius 3 is 2.80 bits per heavy atom. The average Bonchev–Trinajstić information content (AvgIpc) is 2.74. The van der Waals surface area contributed by atoms with Gasteiger partial charge in [-0.15, -0.1) is 0 Å². The Bertz CT molecular complexity index is 291. The van der Waals surface area contributed by atoms with E-state index in [0.29, 0.717) is 6.10 Å². The van der Waals surface area contributed by atoms with Crippen LogP contribution in [0.4, 0.5) is 5.69 Å². The van der Waals surface area contributed by atoms with Crippen LogP contribution in [-0.4, -0.2) is 25.9 Å². The molecule has 0 amide bonds. The van der Waals surface area contributed by atoms with E-state index in [9.17, 15) is 0 Å².